The lowest BCUT2D eigenvalue weighted by Gasteiger charge is -2.13. The maximum atomic E-state index is 12.7. The van der Waals surface area contributed by atoms with Crippen molar-refractivity contribution in [1.82, 2.24) is 14.5 Å². The zero-order chi connectivity index (χ0) is 21.3. The van der Waals surface area contributed by atoms with E-state index in [1.165, 1.54) is 12.4 Å². The number of hydrogen-bond donors (Lipinski definition) is 1. The van der Waals surface area contributed by atoms with Gasteiger partial charge in [-0.25, -0.2) is 9.97 Å². The molecule has 0 aliphatic heterocycles. The number of rotatable bonds is 5. The molecule has 0 aliphatic carbocycles. The maximum absolute atomic E-state index is 12.7. The average Bonchev–Trinajstić information content (AvgIpc) is 2.70. The molecule has 0 saturated heterocycles. The highest BCUT2D eigenvalue weighted by Crippen LogP contribution is 2.30. The first-order chi connectivity index (χ1) is 14.4. The third-order valence-electron chi connectivity index (χ3n) is 4.39. The molecule has 0 amide bonds. The second-order valence-corrected chi connectivity index (χ2v) is 7.39. The summed E-state index contributed by atoms with van der Waals surface area (Å²) in [6.45, 7) is -1.05. The van der Waals surface area contributed by atoms with Crippen LogP contribution in [0.25, 0.3) is 10.9 Å². The smallest absolute Gasteiger partial charge is 0.321 e. The number of fused-ring (bicyclic) bond motifs is 1. The Hall–Kier alpha value is -3.33. The topological polar surface area (TPSA) is 69.0 Å². The average molecular weight is 473 g/mol. The Balaban J connectivity index is 1.58. The van der Waals surface area contributed by atoms with Crippen LogP contribution in [0.3, 0.4) is 0 Å². The predicted molar refractivity (Wildman–Crippen MR) is 114 cm³/mol. The van der Waals surface area contributed by atoms with Crippen LogP contribution in [0.4, 0.5) is 20.3 Å². The molecular weight excluding hydrogens is 458 g/mol. The van der Waals surface area contributed by atoms with Gasteiger partial charge in [-0.1, -0.05) is 15.9 Å². The molecule has 9 heteroatoms. The Morgan fingerprint density at radius 3 is 2.67 bits per heavy atom. The van der Waals surface area contributed by atoms with E-state index in [0.717, 1.165) is 38.9 Å². The molecule has 0 unspecified atom stereocenters. The molecule has 2 heterocycles. The Bertz CT molecular complexity index is 1290. The second-order valence-electron chi connectivity index (χ2n) is 6.48. The molecular formula is C21H15BrF2N4O2. The van der Waals surface area contributed by atoms with Gasteiger partial charge >= 0.3 is 6.55 Å². The number of anilines is 2. The molecule has 4 rings (SSSR count). The number of pyridine rings is 1. The summed E-state index contributed by atoms with van der Waals surface area (Å²) < 4.78 is 32.3. The van der Waals surface area contributed by atoms with Crippen LogP contribution in [0.2, 0.25) is 0 Å². The number of alkyl halides is 2. The van der Waals surface area contributed by atoms with E-state index in [0.29, 0.717) is 16.1 Å². The van der Waals surface area contributed by atoms with Crippen molar-refractivity contribution < 1.29 is 13.5 Å². The van der Waals surface area contributed by atoms with Gasteiger partial charge in [-0.05, 0) is 55.0 Å². The van der Waals surface area contributed by atoms with Crippen LogP contribution >= 0.6 is 15.9 Å². The molecule has 0 saturated carbocycles. The van der Waals surface area contributed by atoms with Gasteiger partial charge in [0, 0.05) is 27.8 Å². The lowest BCUT2D eigenvalue weighted by atomic mass is 10.2. The third-order valence-corrected chi connectivity index (χ3v) is 4.89. The maximum Gasteiger partial charge on any atom is 0.321 e. The molecule has 0 spiro atoms. The highest BCUT2D eigenvalue weighted by atomic mass is 79.9. The van der Waals surface area contributed by atoms with E-state index in [4.69, 9.17) is 4.74 Å². The van der Waals surface area contributed by atoms with Crippen molar-refractivity contribution in [3.05, 3.63) is 81.4 Å². The number of aryl methyl sites for hydroxylation is 1. The first-order valence-corrected chi connectivity index (χ1v) is 9.66. The Morgan fingerprint density at radius 2 is 1.93 bits per heavy atom. The minimum atomic E-state index is -2.89. The molecule has 0 atom stereocenters. The SMILES string of the molecule is Cc1cc(Nc2ncnc3ccc(Br)cc23)ccc1Oc1ccn(C(F)F)c(=O)c1. The Kier molecular flexibility index (Phi) is 5.45. The van der Waals surface area contributed by atoms with Crippen molar-refractivity contribution in [2.45, 2.75) is 13.5 Å². The first-order valence-electron chi connectivity index (χ1n) is 8.87. The fourth-order valence-electron chi connectivity index (χ4n) is 2.93. The molecule has 0 fully saturated rings. The number of halogens is 3. The van der Waals surface area contributed by atoms with Gasteiger partial charge in [-0.15, -0.1) is 0 Å². The molecule has 0 bridgehead atoms. The second kappa shape index (κ2) is 8.19. The lowest BCUT2D eigenvalue weighted by Crippen LogP contribution is -2.18. The van der Waals surface area contributed by atoms with E-state index in [-0.39, 0.29) is 5.75 Å². The van der Waals surface area contributed by atoms with Crippen LogP contribution < -0.4 is 15.6 Å². The van der Waals surface area contributed by atoms with Crippen molar-refractivity contribution in [3.8, 4) is 11.5 Å². The molecule has 0 aliphatic rings. The quantitative estimate of drug-likeness (QED) is 0.397. The summed E-state index contributed by atoms with van der Waals surface area (Å²) in [4.78, 5) is 20.3. The van der Waals surface area contributed by atoms with E-state index in [1.807, 2.05) is 31.2 Å². The van der Waals surface area contributed by atoms with Crippen molar-refractivity contribution >= 4 is 38.3 Å². The standard InChI is InChI=1S/C21H15BrF2N4O2/c1-12-8-14(27-20-16-9-13(22)2-4-17(16)25-11-26-20)3-5-18(12)30-15-6-7-28(21(23)24)19(29)10-15/h2-11,21H,1H3,(H,25,26,27). The minimum absolute atomic E-state index is 0.187. The number of nitrogens with zero attached hydrogens (tertiary/aromatic N) is 3. The lowest BCUT2D eigenvalue weighted by molar-refractivity contribution is 0.0662. The van der Waals surface area contributed by atoms with Crippen LogP contribution in [0, 0.1) is 6.92 Å². The van der Waals surface area contributed by atoms with Crippen molar-refractivity contribution in [2.24, 2.45) is 0 Å². The van der Waals surface area contributed by atoms with E-state index in [2.05, 4.69) is 31.2 Å². The van der Waals surface area contributed by atoms with Crippen LogP contribution in [0.5, 0.6) is 11.5 Å². The summed E-state index contributed by atoms with van der Waals surface area (Å²) in [7, 11) is 0. The fraction of sp³-hybridized carbons (Fsp3) is 0.0952. The fourth-order valence-corrected chi connectivity index (χ4v) is 3.29. The van der Waals surface area contributed by atoms with Gasteiger partial charge < -0.3 is 10.1 Å². The summed E-state index contributed by atoms with van der Waals surface area (Å²) in [5.74, 6) is 1.35. The zero-order valence-corrected chi connectivity index (χ0v) is 17.2. The summed E-state index contributed by atoms with van der Waals surface area (Å²) >= 11 is 3.46. The highest BCUT2D eigenvalue weighted by molar-refractivity contribution is 9.10. The van der Waals surface area contributed by atoms with Crippen molar-refractivity contribution in [3.63, 3.8) is 0 Å². The molecule has 30 heavy (non-hydrogen) atoms. The first kappa shape index (κ1) is 20.0. The number of aromatic nitrogens is 3. The minimum Gasteiger partial charge on any atom is -0.457 e. The van der Waals surface area contributed by atoms with E-state index in [9.17, 15) is 13.6 Å². The van der Waals surface area contributed by atoms with E-state index in [1.54, 1.807) is 12.1 Å². The summed E-state index contributed by atoms with van der Waals surface area (Å²) in [5, 5.41) is 4.14. The molecule has 6 nitrogen and oxygen atoms in total. The van der Waals surface area contributed by atoms with Gasteiger partial charge in [-0.2, -0.15) is 8.78 Å². The summed E-state index contributed by atoms with van der Waals surface area (Å²) in [6.07, 6.45) is 2.50. The number of hydrogen-bond acceptors (Lipinski definition) is 5. The largest absolute Gasteiger partial charge is 0.457 e. The number of ether oxygens (including phenoxy) is 1. The molecule has 2 aromatic carbocycles. The van der Waals surface area contributed by atoms with Crippen molar-refractivity contribution in [1.29, 1.82) is 0 Å². The van der Waals surface area contributed by atoms with Gasteiger partial charge in [0.1, 0.15) is 23.6 Å². The van der Waals surface area contributed by atoms with Gasteiger partial charge in [0.05, 0.1) is 5.52 Å². The molecule has 4 aromatic rings. The highest BCUT2D eigenvalue weighted by Gasteiger charge is 2.10. The number of nitrogens with one attached hydrogen (secondary N) is 1. The van der Waals surface area contributed by atoms with Crippen LogP contribution in [-0.2, 0) is 0 Å². The van der Waals surface area contributed by atoms with E-state index < -0.39 is 12.1 Å². The van der Waals surface area contributed by atoms with Gasteiger partial charge in [0.2, 0.25) is 0 Å². The van der Waals surface area contributed by atoms with Gasteiger partial charge in [0.15, 0.2) is 0 Å². The summed E-state index contributed by atoms with van der Waals surface area (Å²) in [6, 6.07) is 13.5. The monoisotopic (exact) mass is 472 g/mol. The van der Waals surface area contributed by atoms with Crippen LogP contribution in [0.15, 0.2) is 70.3 Å². The summed E-state index contributed by atoms with van der Waals surface area (Å²) in [5.41, 5.74) is 1.55. The third kappa shape index (κ3) is 4.16. The number of benzene rings is 2. The van der Waals surface area contributed by atoms with Gasteiger partial charge in [0.25, 0.3) is 5.56 Å². The van der Waals surface area contributed by atoms with Crippen LogP contribution in [-0.4, -0.2) is 14.5 Å². The Morgan fingerprint density at radius 1 is 1.10 bits per heavy atom. The molecule has 2 aromatic heterocycles. The predicted octanol–water partition coefficient (Wildman–Crippen LogP) is 5.79. The van der Waals surface area contributed by atoms with E-state index >= 15 is 0 Å². The molecule has 0 radical (unpaired) electrons. The van der Waals surface area contributed by atoms with Crippen molar-refractivity contribution in [2.75, 3.05) is 5.32 Å². The molecule has 152 valence electrons. The van der Waals surface area contributed by atoms with Crippen LogP contribution in [0.1, 0.15) is 12.1 Å². The zero-order valence-electron chi connectivity index (χ0n) is 15.6. The Labute approximate surface area is 178 Å². The van der Waals surface area contributed by atoms with Gasteiger partial charge in [-0.3, -0.25) is 9.36 Å². The normalized spacial score (nSPS) is 11.1. The molecule has 1 N–H and O–H groups in total.